The van der Waals surface area contributed by atoms with Crippen molar-refractivity contribution in [3.05, 3.63) is 70.7 Å². The van der Waals surface area contributed by atoms with E-state index in [1.165, 1.54) is 6.20 Å². The summed E-state index contributed by atoms with van der Waals surface area (Å²) in [5.41, 5.74) is 4.55. The maximum Gasteiger partial charge on any atom is 0.413 e. The van der Waals surface area contributed by atoms with Crippen molar-refractivity contribution in [2.45, 2.75) is 25.2 Å². The molecule has 1 fully saturated rings. The predicted octanol–water partition coefficient (Wildman–Crippen LogP) is 4.83. The van der Waals surface area contributed by atoms with Gasteiger partial charge in [0, 0.05) is 19.0 Å². The average molecular weight is 492 g/mol. The lowest BCUT2D eigenvalue weighted by molar-refractivity contribution is -0.137. The first-order valence-electron chi connectivity index (χ1n) is 11.6. The van der Waals surface area contributed by atoms with Crippen LogP contribution in [0.15, 0.2) is 54.7 Å². The van der Waals surface area contributed by atoms with Crippen molar-refractivity contribution in [1.82, 2.24) is 9.88 Å². The number of ether oxygens (including phenoxy) is 1. The highest BCUT2D eigenvalue weighted by atomic mass is 32.1. The van der Waals surface area contributed by atoms with E-state index in [4.69, 9.17) is 9.84 Å². The van der Waals surface area contributed by atoms with Gasteiger partial charge in [-0.3, -0.25) is 14.9 Å². The van der Waals surface area contributed by atoms with Crippen molar-refractivity contribution >= 4 is 34.4 Å². The van der Waals surface area contributed by atoms with Gasteiger partial charge in [-0.25, -0.2) is 9.78 Å². The van der Waals surface area contributed by atoms with Gasteiger partial charge in [-0.2, -0.15) is 0 Å². The summed E-state index contributed by atoms with van der Waals surface area (Å²) in [6, 6.07) is 16.2. The molecule has 35 heavy (non-hydrogen) atoms. The molecule has 1 heterocycles. The Balaban J connectivity index is 1.20. The van der Waals surface area contributed by atoms with Crippen molar-refractivity contribution in [3.63, 3.8) is 0 Å². The van der Waals surface area contributed by atoms with Gasteiger partial charge >= 0.3 is 12.1 Å². The Kier molecular flexibility index (Phi) is 6.50. The maximum atomic E-state index is 12.9. The van der Waals surface area contributed by atoms with Crippen LogP contribution in [0.5, 0.6) is 0 Å². The smallest absolute Gasteiger partial charge is 0.413 e. The summed E-state index contributed by atoms with van der Waals surface area (Å²) in [5, 5.41) is 11.9. The van der Waals surface area contributed by atoms with E-state index >= 15 is 0 Å². The minimum atomic E-state index is -0.944. The first-order valence-corrected chi connectivity index (χ1v) is 12.4. The Bertz CT molecular complexity index is 1220. The monoisotopic (exact) mass is 491 g/mol. The zero-order chi connectivity index (χ0) is 24.4. The molecule has 0 bridgehead atoms. The molecule has 2 N–H and O–H groups in total. The van der Waals surface area contributed by atoms with Crippen LogP contribution in [0, 0.1) is 5.92 Å². The van der Waals surface area contributed by atoms with Crippen LogP contribution < -0.4 is 5.32 Å². The number of amides is 2. The number of nitrogens with zero attached hydrogens (tertiary/aromatic N) is 2. The number of carboxylic acid groups (broad SMARTS) is 1. The molecule has 0 atom stereocenters. The fourth-order valence-electron chi connectivity index (χ4n) is 4.43. The molecule has 8 nitrogen and oxygen atoms in total. The number of aromatic nitrogens is 1. The van der Waals surface area contributed by atoms with E-state index in [0.29, 0.717) is 17.3 Å². The number of carbonyl (C=O) groups is 3. The molecular weight excluding hydrogens is 466 g/mol. The fraction of sp³-hybridized carbons (Fsp3) is 0.308. The number of carbonyl (C=O) groups excluding carboxylic acids is 2. The molecule has 2 aliphatic carbocycles. The average Bonchev–Trinajstić information content (AvgIpc) is 3.46. The second-order valence-corrected chi connectivity index (χ2v) is 9.85. The molecule has 1 aromatic heterocycles. The molecule has 1 saturated carbocycles. The summed E-state index contributed by atoms with van der Waals surface area (Å²) in [4.78, 5) is 42.5. The Morgan fingerprint density at radius 3 is 2.34 bits per heavy atom. The van der Waals surface area contributed by atoms with Crippen molar-refractivity contribution < 1.29 is 24.2 Å². The summed E-state index contributed by atoms with van der Waals surface area (Å²) >= 11 is 1.05. The van der Waals surface area contributed by atoms with Gasteiger partial charge in [0.25, 0.3) is 5.91 Å². The lowest BCUT2D eigenvalue weighted by Gasteiger charge is -2.20. The van der Waals surface area contributed by atoms with Gasteiger partial charge in [0.15, 0.2) is 5.13 Å². The van der Waals surface area contributed by atoms with Crippen LogP contribution in [0.1, 0.15) is 46.0 Å². The summed E-state index contributed by atoms with van der Waals surface area (Å²) < 4.78 is 5.54. The number of thiazole rings is 1. The van der Waals surface area contributed by atoms with Crippen molar-refractivity contribution in [2.24, 2.45) is 5.92 Å². The summed E-state index contributed by atoms with van der Waals surface area (Å²) in [5.74, 6) is -0.831. The number of carboxylic acids is 1. The van der Waals surface area contributed by atoms with Crippen LogP contribution >= 0.6 is 11.3 Å². The van der Waals surface area contributed by atoms with Gasteiger partial charge in [-0.05, 0) is 41.0 Å². The molecule has 0 unspecified atom stereocenters. The van der Waals surface area contributed by atoms with E-state index in [0.717, 1.165) is 46.4 Å². The Morgan fingerprint density at radius 2 is 1.71 bits per heavy atom. The molecule has 0 aliphatic heterocycles. The van der Waals surface area contributed by atoms with Crippen LogP contribution in [0.4, 0.5) is 9.93 Å². The zero-order valence-electron chi connectivity index (χ0n) is 19.0. The van der Waals surface area contributed by atoms with Crippen LogP contribution in [0.2, 0.25) is 0 Å². The quantitative estimate of drug-likeness (QED) is 0.444. The SMILES string of the molecule is O=C(O)CCN(CC1CC1)C(=O)c1cnc(NC(=O)OCC2c3ccccc3-c3ccccc32)s1. The van der Waals surface area contributed by atoms with Gasteiger partial charge in [-0.15, -0.1) is 0 Å². The largest absolute Gasteiger partial charge is 0.481 e. The Morgan fingerprint density at radius 1 is 1.06 bits per heavy atom. The minimum absolute atomic E-state index is 0.0493. The third-order valence-corrected chi connectivity index (χ3v) is 7.23. The highest BCUT2D eigenvalue weighted by molar-refractivity contribution is 7.17. The maximum absolute atomic E-state index is 12.9. The standard InChI is InChI=1S/C26H25N3O5S/c30-23(31)11-12-29(14-16-9-10-16)24(32)22-13-27-25(35-22)28-26(33)34-15-21-19-7-3-1-5-17(19)18-6-2-4-8-20(18)21/h1-8,13,16,21H,9-12,14-15H2,(H,30,31)(H,27,28,33). The number of nitrogens with one attached hydrogen (secondary N) is 1. The van der Waals surface area contributed by atoms with Crippen molar-refractivity contribution in [2.75, 3.05) is 25.0 Å². The molecule has 0 saturated heterocycles. The number of benzene rings is 2. The molecule has 0 spiro atoms. The van der Waals surface area contributed by atoms with Crippen LogP contribution in [0.3, 0.4) is 0 Å². The minimum Gasteiger partial charge on any atom is -0.481 e. The van der Waals surface area contributed by atoms with Gasteiger partial charge in [0.2, 0.25) is 0 Å². The number of anilines is 1. The molecule has 2 aliphatic rings. The third kappa shape index (κ3) is 5.19. The number of aliphatic carboxylic acids is 1. The van der Waals surface area contributed by atoms with E-state index in [1.54, 1.807) is 4.90 Å². The predicted molar refractivity (Wildman–Crippen MR) is 132 cm³/mol. The number of rotatable bonds is 9. The molecular formula is C26H25N3O5S. The summed E-state index contributed by atoms with van der Waals surface area (Å²) in [6.45, 7) is 0.873. The number of hydrogen-bond acceptors (Lipinski definition) is 6. The molecule has 2 amide bonds. The van der Waals surface area contributed by atoms with E-state index in [2.05, 4.69) is 34.6 Å². The van der Waals surface area contributed by atoms with Crippen LogP contribution in [-0.4, -0.2) is 52.7 Å². The first-order chi connectivity index (χ1) is 17.0. The lowest BCUT2D eigenvalue weighted by Crippen LogP contribution is -2.34. The lowest BCUT2D eigenvalue weighted by atomic mass is 9.98. The molecule has 3 aromatic rings. The highest BCUT2D eigenvalue weighted by Gasteiger charge is 2.30. The Labute approximate surface area is 206 Å². The second-order valence-electron chi connectivity index (χ2n) is 8.82. The molecule has 2 aromatic carbocycles. The number of fused-ring (bicyclic) bond motifs is 3. The molecule has 9 heteroatoms. The van der Waals surface area contributed by atoms with Gasteiger partial charge in [-0.1, -0.05) is 59.9 Å². The van der Waals surface area contributed by atoms with Gasteiger partial charge in [0.1, 0.15) is 11.5 Å². The fourth-order valence-corrected chi connectivity index (χ4v) is 5.20. The van der Waals surface area contributed by atoms with Crippen molar-refractivity contribution in [3.8, 4) is 11.1 Å². The van der Waals surface area contributed by atoms with Crippen LogP contribution in [-0.2, 0) is 9.53 Å². The zero-order valence-corrected chi connectivity index (χ0v) is 19.8. The summed E-state index contributed by atoms with van der Waals surface area (Å²) in [7, 11) is 0. The third-order valence-electron chi connectivity index (χ3n) is 6.33. The number of hydrogen-bond donors (Lipinski definition) is 2. The molecule has 180 valence electrons. The first kappa shape index (κ1) is 23.0. The highest BCUT2D eigenvalue weighted by Crippen LogP contribution is 2.44. The van der Waals surface area contributed by atoms with Crippen molar-refractivity contribution in [1.29, 1.82) is 0 Å². The Hall–Kier alpha value is -3.72. The van der Waals surface area contributed by atoms with Gasteiger partial charge < -0.3 is 14.7 Å². The molecule has 0 radical (unpaired) electrons. The van der Waals surface area contributed by atoms with E-state index < -0.39 is 12.1 Å². The van der Waals surface area contributed by atoms with Crippen LogP contribution in [0.25, 0.3) is 11.1 Å². The van der Waals surface area contributed by atoms with E-state index in [-0.39, 0.29) is 36.5 Å². The molecule has 5 rings (SSSR count). The van der Waals surface area contributed by atoms with E-state index in [1.807, 2.05) is 24.3 Å². The normalized spacial score (nSPS) is 14.2. The van der Waals surface area contributed by atoms with Gasteiger partial charge in [0.05, 0.1) is 12.6 Å². The van der Waals surface area contributed by atoms with E-state index in [9.17, 15) is 14.4 Å². The second kappa shape index (κ2) is 9.87. The summed E-state index contributed by atoms with van der Waals surface area (Å²) in [6.07, 6.45) is 2.76. The topological polar surface area (TPSA) is 109 Å².